The normalized spacial score (nSPS) is 19.8. The number of piperidine rings is 1. The maximum absolute atomic E-state index is 12.6. The first-order valence-electron chi connectivity index (χ1n) is 11.8. The molecular formula is C26H34N4O2. The van der Waals surface area contributed by atoms with Crippen LogP contribution >= 0.6 is 0 Å². The van der Waals surface area contributed by atoms with E-state index in [0.717, 1.165) is 64.1 Å². The Bertz CT molecular complexity index is 892. The third-order valence-corrected chi connectivity index (χ3v) is 6.73. The molecule has 2 aliphatic heterocycles. The molecule has 1 atom stereocenters. The molecular weight excluding hydrogens is 400 g/mol. The number of hydrogen-bond acceptors (Lipinski definition) is 4. The second kappa shape index (κ2) is 10.7. The molecule has 1 aromatic carbocycles. The van der Waals surface area contributed by atoms with E-state index in [9.17, 15) is 9.59 Å². The van der Waals surface area contributed by atoms with Crippen LogP contribution in [0.2, 0.25) is 0 Å². The Morgan fingerprint density at radius 1 is 1.03 bits per heavy atom. The summed E-state index contributed by atoms with van der Waals surface area (Å²) < 4.78 is 0. The number of aromatic nitrogens is 1. The van der Waals surface area contributed by atoms with Gasteiger partial charge in [-0.1, -0.05) is 30.3 Å². The SMILES string of the molecule is Cc1ccc(C(=O)N2CCC(CCC(=O)N[C@@H]3CCN(Cc4ccccc4)C3)CC2)cn1. The number of hydrogen-bond donors (Lipinski definition) is 1. The lowest BCUT2D eigenvalue weighted by molar-refractivity contribution is -0.122. The molecule has 0 radical (unpaired) electrons. The highest BCUT2D eigenvalue weighted by Crippen LogP contribution is 2.23. The van der Waals surface area contributed by atoms with E-state index in [1.54, 1.807) is 6.20 Å². The maximum Gasteiger partial charge on any atom is 0.255 e. The van der Waals surface area contributed by atoms with Crippen molar-refractivity contribution in [2.75, 3.05) is 26.2 Å². The number of likely N-dealkylation sites (tertiary alicyclic amines) is 2. The zero-order valence-electron chi connectivity index (χ0n) is 19.0. The van der Waals surface area contributed by atoms with E-state index in [1.807, 2.05) is 30.0 Å². The summed E-state index contributed by atoms with van der Waals surface area (Å²) in [4.78, 5) is 33.7. The first-order valence-corrected chi connectivity index (χ1v) is 11.8. The quantitative estimate of drug-likeness (QED) is 0.725. The Balaban J connectivity index is 1.13. The minimum atomic E-state index is 0.0648. The molecule has 2 aromatic rings. The maximum atomic E-state index is 12.6. The highest BCUT2D eigenvalue weighted by atomic mass is 16.2. The Morgan fingerprint density at radius 2 is 1.81 bits per heavy atom. The number of benzene rings is 1. The van der Waals surface area contributed by atoms with Crippen LogP contribution in [0.1, 0.15) is 53.7 Å². The number of amides is 2. The molecule has 0 spiro atoms. The third kappa shape index (κ3) is 6.16. The molecule has 0 bridgehead atoms. The van der Waals surface area contributed by atoms with Gasteiger partial charge in [0.05, 0.1) is 5.56 Å². The van der Waals surface area contributed by atoms with Gasteiger partial charge in [-0.25, -0.2) is 0 Å². The van der Waals surface area contributed by atoms with Gasteiger partial charge in [0.25, 0.3) is 5.91 Å². The average Bonchev–Trinajstić information content (AvgIpc) is 3.25. The molecule has 32 heavy (non-hydrogen) atoms. The molecule has 3 heterocycles. The van der Waals surface area contributed by atoms with E-state index in [0.29, 0.717) is 17.9 Å². The summed E-state index contributed by atoms with van der Waals surface area (Å²) in [5, 5.41) is 3.24. The molecule has 6 heteroatoms. The second-order valence-corrected chi connectivity index (χ2v) is 9.24. The smallest absolute Gasteiger partial charge is 0.255 e. The topological polar surface area (TPSA) is 65.5 Å². The van der Waals surface area contributed by atoms with Crippen molar-refractivity contribution in [3.05, 3.63) is 65.5 Å². The van der Waals surface area contributed by atoms with Gasteiger partial charge in [-0.3, -0.25) is 19.5 Å². The van der Waals surface area contributed by atoms with Crippen molar-refractivity contribution in [2.24, 2.45) is 5.92 Å². The highest BCUT2D eigenvalue weighted by molar-refractivity contribution is 5.94. The summed E-state index contributed by atoms with van der Waals surface area (Å²) in [5.74, 6) is 0.745. The second-order valence-electron chi connectivity index (χ2n) is 9.24. The summed E-state index contributed by atoms with van der Waals surface area (Å²) in [6.45, 7) is 6.34. The third-order valence-electron chi connectivity index (χ3n) is 6.73. The van der Waals surface area contributed by atoms with Crippen molar-refractivity contribution in [3.8, 4) is 0 Å². The van der Waals surface area contributed by atoms with Gasteiger partial charge in [0.15, 0.2) is 0 Å². The zero-order chi connectivity index (χ0) is 22.3. The standard InChI is InChI=1S/C26H34N4O2/c1-20-7-9-23(17-27-20)26(32)30-15-11-21(12-16-30)8-10-25(31)28-24-13-14-29(19-24)18-22-5-3-2-4-6-22/h2-7,9,17,21,24H,8,10-16,18-19H2,1H3,(H,28,31)/t24-/m1/s1. The molecule has 2 saturated heterocycles. The number of rotatable bonds is 7. The molecule has 1 N–H and O–H groups in total. The number of carbonyl (C=O) groups is 2. The summed E-state index contributed by atoms with van der Waals surface area (Å²) in [7, 11) is 0. The number of nitrogens with zero attached hydrogens (tertiary/aromatic N) is 3. The lowest BCUT2D eigenvalue weighted by Gasteiger charge is -2.32. The van der Waals surface area contributed by atoms with Crippen molar-refractivity contribution < 1.29 is 9.59 Å². The van der Waals surface area contributed by atoms with Crippen molar-refractivity contribution in [2.45, 2.75) is 51.6 Å². The van der Waals surface area contributed by atoms with Gasteiger partial charge in [0, 0.05) is 57.1 Å². The van der Waals surface area contributed by atoms with E-state index >= 15 is 0 Å². The van der Waals surface area contributed by atoms with E-state index < -0.39 is 0 Å². The van der Waals surface area contributed by atoms with Crippen LogP contribution in [-0.4, -0.2) is 58.8 Å². The van der Waals surface area contributed by atoms with Crippen LogP contribution in [0.15, 0.2) is 48.7 Å². The monoisotopic (exact) mass is 434 g/mol. The van der Waals surface area contributed by atoms with E-state index in [4.69, 9.17) is 0 Å². The number of carbonyl (C=O) groups excluding carboxylic acids is 2. The van der Waals surface area contributed by atoms with E-state index in [2.05, 4.69) is 39.5 Å². The first-order chi connectivity index (χ1) is 15.6. The largest absolute Gasteiger partial charge is 0.352 e. The fourth-order valence-electron chi connectivity index (χ4n) is 4.77. The van der Waals surface area contributed by atoms with Gasteiger partial charge in [-0.15, -0.1) is 0 Å². The molecule has 6 nitrogen and oxygen atoms in total. The minimum Gasteiger partial charge on any atom is -0.352 e. The molecule has 2 fully saturated rings. The highest BCUT2D eigenvalue weighted by Gasteiger charge is 2.26. The van der Waals surface area contributed by atoms with Gasteiger partial charge in [-0.05, 0) is 56.2 Å². The Labute approximate surface area is 191 Å². The zero-order valence-corrected chi connectivity index (χ0v) is 19.0. The molecule has 4 rings (SSSR count). The first kappa shape index (κ1) is 22.5. The fraction of sp³-hybridized carbons (Fsp3) is 0.500. The van der Waals surface area contributed by atoms with Gasteiger partial charge in [-0.2, -0.15) is 0 Å². The minimum absolute atomic E-state index is 0.0648. The van der Waals surface area contributed by atoms with Crippen molar-refractivity contribution in [3.63, 3.8) is 0 Å². The van der Waals surface area contributed by atoms with Crippen LogP contribution in [0, 0.1) is 12.8 Å². The van der Waals surface area contributed by atoms with Gasteiger partial charge in [0.1, 0.15) is 0 Å². The van der Waals surface area contributed by atoms with E-state index in [1.165, 1.54) is 5.56 Å². The number of nitrogens with one attached hydrogen (secondary N) is 1. The molecule has 0 aliphatic carbocycles. The lowest BCUT2D eigenvalue weighted by atomic mass is 9.91. The van der Waals surface area contributed by atoms with Crippen molar-refractivity contribution in [1.82, 2.24) is 20.1 Å². The summed E-state index contributed by atoms with van der Waals surface area (Å²) in [6.07, 6.45) is 6.10. The average molecular weight is 435 g/mol. The van der Waals surface area contributed by atoms with Crippen LogP contribution in [0.5, 0.6) is 0 Å². The molecule has 2 amide bonds. The van der Waals surface area contributed by atoms with Crippen LogP contribution in [0.3, 0.4) is 0 Å². The van der Waals surface area contributed by atoms with Crippen LogP contribution in [-0.2, 0) is 11.3 Å². The summed E-state index contributed by atoms with van der Waals surface area (Å²) in [5.41, 5.74) is 2.90. The van der Waals surface area contributed by atoms with Crippen molar-refractivity contribution >= 4 is 11.8 Å². The predicted molar refractivity (Wildman–Crippen MR) is 125 cm³/mol. The van der Waals surface area contributed by atoms with Crippen LogP contribution in [0.4, 0.5) is 0 Å². The molecule has 0 saturated carbocycles. The number of pyridine rings is 1. The van der Waals surface area contributed by atoms with Gasteiger partial charge < -0.3 is 10.2 Å². The van der Waals surface area contributed by atoms with Crippen molar-refractivity contribution in [1.29, 1.82) is 0 Å². The van der Waals surface area contributed by atoms with E-state index in [-0.39, 0.29) is 17.9 Å². The van der Waals surface area contributed by atoms with Crippen LogP contribution < -0.4 is 5.32 Å². The summed E-state index contributed by atoms with van der Waals surface area (Å²) >= 11 is 0. The molecule has 170 valence electrons. The van der Waals surface area contributed by atoms with Gasteiger partial charge >= 0.3 is 0 Å². The van der Waals surface area contributed by atoms with Gasteiger partial charge in [0.2, 0.25) is 5.91 Å². The fourth-order valence-corrected chi connectivity index (χ4v) is 4.77. The number of aryl methyl sites for hydroxylation is 1. The molecule has 0 unspecified atom stereocenters. The predicted octanol–water partition coefficient (Wildman–Crippen LogP) is 3.41. The molecule has 1 aromatic heterocycles. The Kier molecular flexibility index (Phi) is 7.53. The Hall–Kier alpha value is -2.73. The Morgan fingerprint density at radius 3 is 2.53 bits per heavy atom. The molecule has 2 aliphatic rings. The lowest BCUT2D eigenvalue weighted by Crippen LogP contribution is -2.39. The van der Waals surface area contributed by atoms with Crippen LogP contribution in [0.25, 0.3) is 0 Å². The summed E-state index contributed by atoms with van der Waals surface area (Å²) in [6, 6.07) is 14.5.